The molecule has 0 spiro atoms. The number of amides is 1. The third-order valence-corrected chi connectivity index (χ3v) is 3.67. The standard InChI is InChI=1S/C17H13ClF3N3O4/c1-28-11-4-2-9(3-5-11)12(16(26)27)7-14(25)23-24-15-13(18)6-10(8-22-15)17(19,20)21/h2-8H,1H3,(H,22,24)(H,23,25)(H,26,27)/b12-7+. The van der Waals surface area contributed by atoms with E-state index in [1.165, 1.54) is 31.4 Å². The van der Waals surface area contributed by atoms with Crippen molar-refractivity contribution in [2.45, 2.75) is 6.18 Å². The van der Waals surface area contributed by atoms with Gasteiger partial charge in [0.15, 0.2) is 5.82 Å². The molecular formula is C17H13ClF3N3O4. The Balaban J connectivity index is 2.13. The van der Waals surface area contributed by atoms with Gasteiger partial charge in [-0.25, -0.2) is 9.78 Å². The van der Waals surface area contributed by atoms with Gasteiger partial charge in [-0.2, -0.15) is 13.2 Å². The number of carboxylic acid groups (broad SMARTS) is 1. The van der Waals surface area contributed by atoms with E-state index in [0.29, 0.717) is 18.0 Å². The fourth-order valence-electron chi connectivity index (χ4n) is 2.01. The number of aliphatic carboxylic acids is 1. The van der Waals surface area contributed by atoms with E-state index in [4.69, 9.17) is 16.3 Å². The van der Waals surface area contributed by atoms with Crippen LogP contribution >= 0.6 is 11.6 Å². The van der Waals surface area contributed by atoms with Gasteiger partial charge in [0.2, 0.25) is 0 Å². The predicted octanol–water partition coefficient (Wildman–Crippen LogP) is 3.37. The molecule has 11 heteroatoms. The Morgan fingerprint density at radius 1 is 1.25 bits per heavy atom. The zero-order valence-corrected chi connectivity index (χ0v) is 14.9. The van der Waals surface area contributed by atoms with Crippen molar-refractivity contribution in [3.63, 3.8) is 0 Å². The van der Waals surface area contributed by atoms with Crippen LogP contribution in [-0.2, 0) is 15.8 Å². The van der Waals surface area contributed by atoms with Crippen LogP contribution in [0, 0.1) is 0 Å². The van der Waals surface area contributed by atoms with Gasteiger partial charge in [-0.1, -0.05) is 23.7 Å². The zero-order valence-electron chi connectivity index (χ0n) is 14.2. The maximum Gasteiger partial charge on any atom is 0.417 e. The first-order valence-corrected chi connectivity index (χ1v) is 7.87. The van der Waals surface area contributed by atoms with Crippen LogP contribution in [0.4, 0.5) is 19.0 Å². The number of carbonyl (C=O) groups excluding carboxylic acids is 1. The Morgan fingerprint density at radius 3 is 2.39 bits per heavy atom. The fourth-order valence-corrected chi connectivity index (χ4v) is 2.23. The number of carbonyl (C=O) groups is 2. The zero-order chi connectivity index (χ0) is 20.9. The average molecular weight is 416 g/mol. The highest BCUT2D eigenvalue weighted by molar-refractivity contribution is 6.33. The third kappa shape index (κ3) is 5.36. The number of rotatable bonds is 6. The number of aromatic nitrogens is 1. The van der Waals surface area contributed by atoms with Gasteiger partial charge in [-0.05, 0) is 23.8 Å². The number of halogens is 4. The molecule has 0 bridgehead atoms. The van der Waals surface area contributed by atoms with Crippen molar-refractivity contribution in [2.24, 2.45) is 0 Å². The van der Waals surface area contributed by atoms with Crippen LogP contribution < -0.4 is 15.6 Å². The summed E-state index contributed by atoms with van der Waals surface area (Å²) in [5.74, 6) is -1.97. The molecule has 28 heavy (non-hydrogen) atoms. The quantitative estimate of drug-likeness (QED) is 0.494. The predicted molar refractivity (Wildman–Crippen MR) is 94.6 cm³/mol. The molecule has 0 aliphatic rings. The van der Waals surface area contributed by atoms with Crippen molar-refractivity contribution in [1.82, 2.24) is 10.4 Å². The van der Waals surface area contributed by atoms with E-state index in [0.717, 1.165) is 6.08 Å². The van der Waals surface area contributed by atoms with Crippen LogP contribution in [0.25, 0.3) is 5.57 Å². The van der Waals surface area contributed by atoms with E-state index in [9.17, 15) is 27.9 Å². The lowest BCUT2D eigenvalue weighted by Gasteiger charge is -2.11. The summed E-state index contributed by atoms with van der Waals surface area (Å²) in [7, 11) is 1.45. The summed E-state index contributed by atoms with van der Waals surface area (Å²) in [5, 5.41) is 8.92. The molecule has 1 amide bonds. The molecule has 2 rings (SSSR count). The minimum Gasteiger partial charge on any atom is -0.497 e. The van der Waals surface area contributed by atoms with Crippen molar-refractivity contribution in [1.29, 1.82) is 0 Å². The number of benzene rings is 1. The fraction of sp³-hybridized carbons (Fsp3) is 0.118. The van der Waals surface area contributed by atoms with E-state index < -0.39 is 23.6 Å². The summed E-state index contributed by atoms with van der Waals surface area (Å²) in [5.41, 5.74) is 3.21. The summed E-state index contributed by atoms with van der Waals surface area (Å²) in [6.45, 7) is 0. The number of nitrogens with one attached hydrogen (secondary N) is 2. The van der Waals surface area contributed by atoms with E-state index in [1.807, 2.05) is 0 Å². The van der Waals surface area contributed by atoms with Gasteiger partial charge in [-0.15, -0.1) is 0 Å². The number of carboxylic acids is 1. The normalized spacial score (nSPS) is 11.7. The molecule has 7 nitrogen and oxygen atoms in total. The molecule has 1 aromatic carbocycles. The molecule has 0 saturated heterocycles. The van der Waals surface area contributed by atoms with Crippen LogP contribution in [0.5, 0.6) is 5.75 Å². The largest absolute Gasteiger partial charge is 0.497 e. The second-order valence-corrected chi connectivity index (χ2v) is 5.67. The molecule has 0 fully saturated rings. The summed E-state index contributed by atoms with van der Waals surface area (Å²) in [4.78, 5) is 26.9. The number of methoxy groups -OCH3 is 1. The number of hydrazine groups is 1. The lowest BCUT2D eigenvalue weighted by molar-refractivity contribution is -0.137. The van der Waals surface area contributed by atoms with Gasteiger partial charge in [-0.3, -0.25) is 15.6 Å². The van der Waals surface area contributed by atoms with Crippen LogP contribution in [0.1, 0.15) is 11.1 Å². The minimum atomic E-state index is -4.62. The van der Waals surface area contributed by atoms with E-state index >= 15 is 0 Å². The number of anilines is 1. The SMILES string of the molecule is COc1ccc(/C(=C\C(=O)NNc2ncc(C(F)(F)F)cc2Cl)C(=O)O)cc1. The Hall–Kier alpha value is -3.27. The van der Waals surface area contributed by atoms with Crippen LogP contribution in [0.15, 0.2) is 42.6 Å². The lowest BCUT2D eigenvalue weighted by Crippen LogP contribution is -2.29. The number of alkyl halides is 3. The maximum absolute atomic E-state index is 12.6. The molecule has 0 radical (unpaired) electrons. The second kappa shape index (κ2) is 8.61. The monoisotopic (exact) mass is 415 g/mol. The number of pyridine rings is 1. The first-order valence-electron chi connectivity index (χ1n) is 7.50. The van der Waals surface area contributed by atoms with Crippen LogP contribution in [0.2, 0.25) is 5.02 Å². The Labute approximate surface area is 161 Å². The summed E-state index contributed by atoms with van der Waals surface area (Å²) in [6, 6.07) is 6.59. The molecule has 0 saturated carbocycles. The topological polar surface area (TPSA) is 101 Å². The highest BCUT2D eigenvalue weighted by atomic mass is 35.5. The maximum atomic E-state index is 12.6. The number of hydrogen-bond donors (Lipinski definition) is 3. The van der Waals surface area contributed by atoms with Gasteiger partial charge in [0.25, 0.3) is 5.91 Å². The van der Waals surface area contributed by atoms with E-state index in [-0.39, 0.29) is 22.0 Å². The van der Waals surface area contributed by atoms with Gasteiger partial charge in [0, 0.05) is 12.3 Å². The number of hydrogen-bond acceptors (Lipinski definition) is 5. The molecule has 0 unspecified atom stereocenters. The molecule has 1 aromatic heterocycles. The summed E-state index contributed by atoms with van der Waals surface area (Å²) >= 11 is 5.70. The van der Waals surface area contributed by atoms with E-state index in [1.54, 1.807) is 0 Å². The summed E-state index contributed by atoms with van der Waals surface area (Å²) < 4.78 is 42.7. The number of nitrogens with zero attached hydrogens (tertiary/aromatic N) is 1. The first kappa shape index (κ1) is 21.0. The Kier molecular flexibility index (Phi) is 6.47. The van der Waals surface area contributed by atoms with Crippen molar-refractivity contribution in [3.05, 3.63) is 58.8 Å². The lowest BCUT2D eigenvalue weighted by atomic mass is 10.1. The van der Waals surface area contributed by atoms with Crippen molar-refractivity contribution < 1.29 is 32.6 Å². The van der Waals surface area contributed by atoms with Crippen molar-refractivity contribution >= 4 is 34.9 Å². The van der Waals surface area contributed by atoms with Gasteiger partial charge < -0.3 is 9.84 Å². The summed E-state index contributed by atoms with van der Waals surface area (Å²) in [6.07, 6.45) is -3.28. The highest BCUT2D eigenvalue weighted by Crippen LogP contribution is 2.32. The second-order valence-electron chi connectivity index (χ2n) is 5.26. The van der Waals surface area contributed by atoms with Crippen LogP contribution in [0.3, 0.4) is 0 Å². The van der Waals surface area contributed by atoms with Gasteiger partial charge >= 0.3 is 12.1 Å². The number of ether oxygens (including phenoxy) is 1. The molecule has 1 heterocycles. The van der Waals surface area contributed by atoms with Crippen molar-refractivity contribution in [3.8, 4) is 5.75 Å². The van der Waals surface area contributed by atoms with Gasteiger partial charge in [0.1, 0.15) is 5.75 Å². The smallest absolute Gasteiger partial charge is 0.417 e. The third-order valence-electron chi connectivity index (χ3n) is 3.38. The first-order chi connectivity index (χ1) is 13.1. The highest BCUT2D eigenvalue weighted by Gasteiger charge is 2.31. The van der Waals surface area contributed by atoms with E-state index in [2.05, 4.69) is 15.8 Å². The molecule has 2 aromatic rings. The molecule has 0 atom stereocenters. The Morgan fingerprint density at radius 2 is 1.89 bits per heavy atom. The molecule has 3 N–H and O–H groups in total. The molecule has 0 aliphatic heterocycles. The van der Waals surface area contributed by atoms with Gasteiger partial charge in [0.05, 0.1) is 23.3 Å². The van der Waals surface area contributed by atoms with Crippen molar-refractivity contribution in [2.75, 3.05) is 12.5 Å². The Bertz CT molecular complexity index is 915. The molecule has 148 valence electrons. The average Bonchev–Trinajstić information content (AvgIpc) is 2.64. The molecule has 0 aliphatic carbocycles. The molecular weight excluding hydrogens is 403 g/mol. The van der Waals surface area contributed by atoms with Crippen LogP contribution in [-0.4, -0.2) is 29.1 Å². The minimum absolute atomic E-state index is 0.238.